The highest BCUT2D eigenvalue weighted by Crippen LogP contribution is 1.95. The molecule has 0 radical (unpaired) electrons. The lowest BCUT2D eigenvalue weighted by Crippen LogP contribution is -2.32. The molecule has 0 saturated carbocycles. The molecule has 0 aliphatic rings. The van der Waals surface area contributed by atoms with Crippen molar-refractivity contribution < 1.29 is 4.79 Å². The highest BCUT2D eigenvalue weighted by molar-refractivity contribution is 5.81. The Hall–Kier alpha value is -0.410. The van der Waals surface area contributed by atoms with Crippen molar-refractivity contribution in [1.82, 2.24) is 5.32 Å². The molecular weight excluding hydrogens is 152 g/mol. The van der Waals surface area contributed by atoms with Crippen LogP contribution < -0.4 is 11.1 Å². The van der Waals surface area contributed by atoms with Crippen molar-refractivity contribution in [3.05, 3.63) is 0 Å². The fraction of sp³-hybridized carbons (Fsp3) is 0.889. The molecule has 0 fully saturated rings. The fourth-order valence-corrected chi connectivity index (χ4v) is 0.873. The van der Waals surface area contributed by atoms with Gasteiger partial charge in [-0.25, -0.2) is 0 Å². The minimum Gasteiger partial charge on any atom is -0.330 e. The van der Waals surface area contributed by atoms with Crippen molar-refractivity contribution in [2.75, 3.05) is 13.6 Å². The maximum atomic E-state index is 10.8. The Morgan fingerprint density at radius 2 is 2.00 bits per heavy atom. The van der Waals surface area contributed by atoms with Crippen LogP contribution in [-0.2, 0) is 4.79 Å². The number of likely N-dealkylation sites (N-methyl/N-ethyl adjacent to an activating group) is 1. The molecule has 0 unspecified atom stereocenters. The topological polar surface area (TPSA) is 55.1 Å². The number of Topliss-reactive ketones (excluding diaryl/α,β-unsaturated/α-hetero) is 1. The van der Waals surface area contributed by atoms with E-state index >= 15 is 0 Å². The van der Waals surface area contributed by atoms with Gasteiger partial charge in [0.05, 0.1) is 6.04 Å². The number of nitrogens with one attached hydrogen (secondary N) is 1. The Morgan fingerprint density at radius 3 is 2.25 bits per heavy atom. The van der Waals surface area contributed by atoms with Crippen LogP contribution in [0, 0.1) is 0 Å². The summed E-state index contributed by atoms with van der Waals surface area (Å²) in [7, 11) is 1.79. The largest absolute Gasteiger partial charge is 0.330 e. The van der Waals surface area contributed by atoms with Crippen molar-refractivity contribution in [2.24, 2.45) is 5.73 Å². The molecule has 0 aliphatic carbocycles. The summed E-state index contributed by atoms with van der Waals surface area (Å²) in [6, 6.07) is 0.00329. The smallest absolute Gasteiger partial charge is 0.146 e. The van der Waals surface area contributed by atoms with Gasteiger partial charge < -0.3 is 11.1 Å². The third-order valence-corrected chi connectivity index (χ3v) is 1.54. The van der Waals surface area contributed by atoms with Crippen LogP contribution in [0.5, 0.6) is 0 Å². The first-order valence-electron chi connectivity index (χ1n) is 4.60. The Morgan fingerprint density at radius 1 is 1.50 bits per heavy atom. The van der Waals surface area contributed by atoms with Crippen molar-refractivity contribution in [3.8, 4) is 0 Å². The average molecular weight is 174 g/mol. The molecule has 0 aromatic carbocycles. The van der Waals surface area contributed by atoms with Gasteiger partial charge in [-0.15, -0.1) is 0 Å². The summed E-state index contributed by atoms with van der Waals surface area (Å²) < 4.78 is 0. The maximum Gasteiger partial charge on any atom is 0.146 e. The van der Waals surface area contributed by atoms with Crippen molar-refractivity contribution >= 4 is 5.78 Å². The minimum absolute atomic E-state index is 0.00329. The van der Waals surface area contributed by atoms with E-state index in [1.54, 1.807) is 14.0 Å². The first kappa shape index (κ1) is 14.1. The molecule has 3 heteroatoms. The summed E-state index contributed by atoms with van der Waals surface area (Å²) in [5, 5.41) is 2.93. The lowest BCUT2D eigenvalue weighted by Gasteiger charge is -2.10. The Kier molecular flexibility index (Phi) is 12.5. The van der Waals surface area contributed by atoms with Crippen LogP contribution in [-0.4, -0.2) is 25.4 Å². The summed E-state index contributed by atoms with van der Waals surface area (Å²) in [4.78, 5) is 10.8. The summed E-state index contributed by atoms with van der Waals surface area (Å²) in [6.07, 6.45) is 1.76. The second-order valence-corrected chi connectivity index (χ2v) is 2.38. The Bertz CT molecular complexity index is 105. The van der Waals surface area contributed by atoms with Gasteiger partial charge in [0.1, 0.15) is 5.78 Å². The zero-order valence-electron chi connectivity index (χ0n) is 8.68. The monoisotopic (exact) mass is 174 g/mol. The second kappa shape index (κ2) is 10.6. The van der Waals surface area contributed by atoms with Gasteiger partial charge in [-0.2, -0.15) is 0 Å². The average Bonchev–Trinajstić information content (AvgIpc) is 2.09. The predicted octanol–water partition coefficient (Wildman–Crippen LogP) is 0.928. The normalized spacial score (nSPS) is 11.4. The van der Waals surface area contributed by atoms with E-state index in [-0.39, 0.29) is 11.8 Å². The quantitative estimate of drug-likeness (QED) is 0.652. The van der Waals surface area contributed by atoms with Crippen LogP contribution in [0.25, 0.3) is 0 Å². The molecule has 0 aromatic heterocycles. The van der Waals surface area contributed by atoms with E-state index in [0.29, 0.717) is 6.54 Å². The van der Waals surface area contributed by atoms with E-state index in [2.05, 4.69) is 5.32 Å². The van der Waals surface area contributed by atoms with E-state index in [0.717, 1.165) is 12.8 Å². The van der Waals surface area contributed by atoms with Crippen LogP contribution in [0.1, 0.15) is 33.6 Å². The SMILES string of the molecule is CC.CN[C@H](CCCN)C(C)=O. The highest BCUT2D eigenvalue weighted by Gasteiger charge is 2.08. The van der Waals surface area contributed by atoms with E-state index in [4.69, 9.17) is 5.73 Å². The number of hydrogen-bond acceptors (Lipinski definition) is 3. The van der Waals surface area contributed by atoms with Crippen molar-refractivity contribution in [2.45, 2.75) is 39.7 Å². The zero-order valence-corrected chi connectivity index (χ0v) is 8.68. The number of carbonyl (C=O) groups is 1. The van der Waals surface area contributed by atoms with Crippen molar-refractivity contribution in [3.63, 3.8) is 0 Å². The minimum atomic E-state index is 0.00329. The molecule has 0 bridgehead atoms. The zero-order chi connectivity index (χ0) is 9.98. The number of carbonyl (C=O) groups excluding carboxylic acids is 1. The van der Waals surface area contributed by atoms with Crippen LogP contribution in [0.4, 0.5) is 0 Å². The summed E-state index contributed by atoms with van der Waals surface area (Å²) in [5.41, 5.74) is 5.29. The molecule has 3 N–H and O–H groups in total. The molecular formula is C9H22N2O. The molecule has 1 atom stereocenters. The van der Waals surface area contributed by atoms with Gasteiger partial charge in [0.25, 0.3) is 0 Å². The molecule has 0 saturated heterocycles. The van der Waals surface area contributed by atoms with Gasteiger partial charge in [0, 0.05) is 0 Å². The van der Waals surface area contributed by atoms with Gasteiger partial charge in [0.2, 0.25) is 0 Å². The molecule has 0 spiro atoms. The number of ketones is 1. The standard InChI is InChI=1S/C7H16N2O.C2H6/c1-6(10)7(9-2)4-3-5-8;1-2/h7,9H,3-5,8H2,1-2H3;1-2H3/t7-;/m1./s1. The van der Waals surface area contributed by atoms with Gasteiger partial charge in [-0.05, 0) is 33.4 Å². The van der Waals surface area contributed by atoms with Gasteiger partial charge in [-0.3, -0.25) is 4.79 Å². The molecule has 3 nitrogen and oxygen atoms in total. The summed E-state index contributed by atoms with van der Waals surface area (Å²) in [6.45, 7) is 6.25. The van der Waals surface area contributed by atoms with E-state index in [1.807, 2.05) is 13.8 Å². The number of hydrogen-bond donors (Lipinski definition) is 2. The lowest BCUT2D eigenvalue weighted by molar-refractivity contribution is -0.119. The van der Waals surface area contributed by atoms with Gasteiger partial charge in [0.15, 0.2) is 0 Å². The molecule has 0 amide bonds. The van der Waals surface area contributed by atoms with Crippen molar-refractivity contribution in [1.29, 1.82) is 0 Å². The lowest BCUT2D eigenvalue weighted by atomic mass is 10.1. The maximum absolute atomic E-state index is 10.8. The molecule has 0 aliphatic heterocycles. The van der Waals surface area contributed by atoms with E-state index < -0.39 is 0 Å². The van der Waals surface area contributed by atoms with Crippen LogP contribution in [0.2, 0.25) is 0 Å². The third-order valence-electron chi connectivity index (χ3n) is 1.54. The Labute approximate surface area is 75.7 Å². The van der Waals surface area contributed by atoms with Crippen LogP contribution in [0.3, 0.4) is 0 Å². The third kappa shape index (κ3) is 7.69. The second-order valence-electron chi connectivity index (χ2n) is 2.38. The number of nitrogens with two attached hydrogens (primary N) is 1. The molecule has 74 valence electrons. The molecule has 0 aromatic rings. The summed E-state index contributed by atoms with van der Waals surface area (Å²) >= 11 is 0. The van der Waals surface area contributed by atoms with E-state index in [9.17, 15) is 4.79 Å². The summed E-state index contributed by atoms with van der Waals surface area (Å²) in [5.74, 6) is 0.191. The van der Waals surface area contributed by atoms with Gasteiger partial charge in [-0.1, -0.05) is 13.8 Å². The van der Waals surface area contributed by atoms with Crippen LogP contribution >= 0.6 is 0 Å². The molecule has 12 heavy (non-hydrogen) atoms. The van der Waals surface area contributed by atoms with E-state index in [1.165, 1.54) is 0 Å². The molecule has 0 rings (SSSR count). The van der Waals surface area contributed by atoms with Gasteiger partial charge >= 0.3 is 0 Å². The Balaban J connectivity index is 0. The fourth-order valence-electron chi connectivity index (χ4n) is 0.873. The van der Waals surface area contributed by atoms with Crippen LogP contribution in [0.15, 0.2) is 0 Å². The predicted molar refractivity (Wildman–Crippen MR) is 53.2 cm³/mol. The molecule has 0 heterocycles. The highest BCUT2D eigenvalue weighted by atomic mass is 16.1. The number of rotatable bonds is 5. The first-order chi connectivity index (χ1) is 5.72. The first-order valence-corrected chi connectivity index (χ1v) is 4.60.